The molecule has 122 valence electrons. The van der Waals surface area contributed by atoms with Crippen molar-refractivity contribution >= 4 is 0 Å². The molecule has 2 fully saturated rings. The van der Waals surface area contributed by atoms with Crippen LogP contribution in [0.3, 0.4) is 0 Å². The Balaban J connectivity index is 1.43. The van der Waals surface area contributed by atoms with Crippen molar-refractivity contribution in [3.8, 4) is 5.82 Å². The Labute approximate surface area is 134 Å². The molecule has 2 aromatic rings. The van der Waals surface area contributed by atoms with Crippen LogP contribution < -0.4 is 10.9 Å². The van der Waals surface area contributed by atoms with Crippen molar-refractivity contribution in [2.45, 2.75) is 50.6 Å². The van der Waals surface area contributed by atoms with E-state index in [0.29, 0.717) is 11.9 Å². The summed E-state index contributed by atoms with van der Waals surface area (Å²) in [6.07, 6.45) is 10.0. The summed E-state index contributed by atoms with van der Waals surface area (Å²) in [4.78, 5) is 16.1. The van der Waals surface area contributed by atoms with Gasteiger partial charge in [-0.05, 0) is 57.1 Å². The molecule has 0 aliphatic heterocycles. The number of rotatable bonds is 5. The Hall–Kier alpha value is -2.02. The standard InChI is InChI=1S/C16H22N6O/c23-16-8-7-15(21-11-17-10-19-21)20-22(16)14-5-3-13(4-6-14)18-9-12-1-2-12/h7-8,10-14,18H,1-6,9H2. The highest BCUT2D eigenvalue weighted by molar-refractivity contribution is 5.16. The molecule has 2 saturated carbocycles. The first kappa shape index (κ1) is 14.6. The van der Waals surface area contributed by atoms with Gasteiger partial charge in [-0.2, -0.15) is 5.10 Å². The van der Waals surface area contributed by atoms with Crippen molar-refractivity contribution in [3.05, 3.63) is 35.1 Å². The summed E-state index contributed by atoms with van der Waals surface area (Å²) in [7, 11) is 0. The SMILES string of the molecule is O=c1ccc(-n2cncn2)nn1C1CCC(NCC2CC2)CC1. The van der Waals surface area contributed by atoms with Gasteiger partial charge in [0.1, 0.15) is 12.7 Å². The van der Waals surface area contributed by atoms with Crippen LogP contribution in [-0.2, 0) is 0 Å². The van der Waals surface area contributed by atoms with E-state index in [1.807, 2.05) is 0 Å². The van der Waals surface area contributed by atoms with Crippen LogP contribution in [0.4, 0.5) is 0 Å². The molecule has 0 aromatic carbocycles. The van der Waals surface area contributed by atoms with Gasteiger partial charge in [-0.1, -0.05) is 0 Å². The smallest absolute Gasteiger partial charge is 0.267 e. The lowest BCUT2D eigenvalue weighted by atomic mass is 9.91. The molecule has 23 heavy (non-hydrogen) atoms. The third-order valence-corrected chi connectivity index (χ3v) is 4.90. The third kappa shape index (κ3) is 3.34. The zero-order valence-corrected chi connectivity index (χ0v) is 13.1. The summed E-state index contributed by atoms with van der Waals surface area (Å²) in [5.74, 6) is 1.55. The van der Waals surface area contributed by atoms with Crippen LogP contribution in [0.15, 0.2) is 29.6 Å². The Bertz CT molecular complexity index is 698. The molecule has 0 amide bonds. The van der Waals surface area contributed by atoms with Gasteiger partial charge in [0, 0.05) is 12.1 Å². The number of hydrogen-bond acceptors (Lipinski definition) is 5. The normalized spacial score (nSPS) is 24.7. The summed E-state index contributed by atoms with van der Waals surface area (Å²) in [5, 5.41) is 12.2. The van der Waals surface area contributed by atoms with Crippen molar-refractivity contribution in [1.29, 1.82) is 0 Å². The van der Waals surface area contributed by atoms with E-state index in [-0.39, 0.29) is 11.6 Å². The number of nitrogens with zero attached hydrogens (tertiary/aromatic N) is 5. The van der Waals surface area contributed by atoms with Gasteiger partial charge in [-0.25, -0.2) is 14.3 Å². The predicted molar refractivity (Wildman–Crippen MR) is 85.4 cm³/mol. The van der Waals surface area contributed by atoms with Crippen molar-refractivity contribution in [1.82, 2.24) is 29.9 Å². The monoisotopic (exact) mass is 314 g/mol. The average Bonchev–Trinajstić information content (AvgIpc) is 3.26. The zero-order chi connectivity index (χ0) is 15.6. The van der Waals surface area contributed by atoms with Crippen molar-refractivity contribution < 1.29 is 0 Å². The topological polar surface area (TPSA) is 77.6 Å². The van der Waals surface area contributed by atoms with Crippen LogP contribution in [0.25, 0.3) is 5.82 Å². The molecule has 1 N–H and O–H groups in total. The van der Waals surface area contributed by atoms with Gasteiger partial charge < -0.3 is 5.32 Å². The maximum Gasteiger partial charge on any atom is 0.267 e. The summed E-state index contributed by atoms with van der Waals surface area (Å²) < 4.78 is 3.22. The first-order valence-corrected chi connectivity index (χ1v) is 8.48. The summed E-state index contributed by atoms with van der Waals surface area (Å²) >= 11 is 0. The molecule has 0 spiro atoms. The number of hydrogen-bond donors (Lipinski definition) is 1. The van der Waals surface area contributed by atoms with Gasteiger partial charge >= 0.3 is 0 Å². The molecule has 0 atom stereocenters. The maximum atomic E-state index is 12.2. The fourth-order valence-electron chi connectivity index (χ4n) is 3.31. The van der Waals surface area contributed by atoms with Crippen LogP contribution in [0.5, 0.6) is 0 Å². The molecular weight excluding hydrogens is 292 g/mol. The second kappa shape index (κ2) is 6.23. The maximum absolute atomic E-state index is 12.2. The summed E-state index contributed by atoms with van der Waals surface area (Å²) in [5.41, 5.74) is -0.0387. The van der Waals surface area contributed by atoms with Gasteiger partial charge in [0.05, 0.1) is 6.04 Å². The molecule has 2 aliphatic carbocycles. The van der Waals surface area contributed by atoms with Gasteiger partial charge in [0.25, 0.3) is 5.56 Å². The van der Waals surface area contributed by atoms with Gasteiger partial charge in [0.2, 0.25) is 0 Å². The van der Waals surface area contributed by atoms with E-state index in [0.717, 1.165) is 38.1 Å². The van der Waals surface area contributed by atoms with E-state index in [1.165, 1.54) is 19.2 Å². The quantitative estimate of drug-likeness (QED) is 0.900. The van der Waals surface area contributed by atoms with Crippen LogP contribution >= 0.6 is 0 Å². The van der Waals surface area contributed by atoms with Crippen LogP contribution in [-0.4, -0.2) is 37.1 Å². The molecule has 2 aromatic heterocycles. The number of aromatic nitrogens is 5. The van der Waals surface area contributed by atoms with Gasteiger partial charge in [0.15, 0.2) is 5.82 Å². The lowest BCUT2D eigenvalue weighted by Gasteiger charge is -2.29. The van der Waals surface area contributed by atoms with E-state index in [2.05, 4.69) is 20.5 Å². The van der Waals surface area contributed by atoms with E-state index in [4.69, 9.17) is 0 Å². The fourth-order valence-corrected chi connectivity index (χ4v) is 3.31. The molecule has 2 heterocycles. The fraction of sp³-hybridized carbons (Fsp3) is 0.625. The Morgan fingerprint density at radius 2 is 1.96 bits per heavy atom. The minimum Gasteiger partial charge on any atom is -0.314 e. The molecular formula is C16H22N6O. The van der Waals surface area contributed by atoms with E-state index >= 15 is 0 Å². The van der Waals surface area contributed by atoms with Crippen molar-refractivity contribution in [2.24, 2.45) is 5.92 Å². The highest BCUT2D eigenvalue weighted by Gasteiger charge is 2.26. The first-order chi connectivity index (χ1) is 11.3. The van der Waals surface area contributed by atoms with Crippen LogP contribution in [0.1, 0.15) is 44.6 Å². The van der Waals surface area contributed by atoms with E-state index in [9.17, 15) is 4.79 Å². The minimum atomic E-state index is -0.0387. The largest absolute Gasteiger partial charge is 0.314 e. The molecule has 0 radical (unpaired) electrons. The van der Waals surface area contributed by atoms with Crippen LogP contribution in [0.2, 0.25) is 0 Å². The van der Waals surface area contributed by atoms with E-state index < -0.39 is 0 Å². The minimum absolute atomic E-state index is 0.0387. The second-order valence-electron chi connectivity index (χ2n) is 6.67. The van der Waals surface area contributed by atoms with Crippen molar-refractivity contribution in [3.63, 3.8) is 0 Å². The molecule has 0 unspecified atom stereocenters. The predicted octanol–water partition coefficient (Wildman–Crippen LogP) is 1.31. The van der Waals surface area contributed by atoms with Gasteiger partial charge in [-0.15, -0.1) is 5.10 Å². The Morgan fingerprint density at radius 1 is 1.13 bits per heavy atom. The molecule has 4 rings (SSSR count). The second-order valence-corrected chi connectivity index (χ2v) is 6.67. The highest BCUT2D eigenvalue weighted by Crippen LogP contribution is 2.30. The average molecular weight is 314 g/mol. The molecule has 0 bridgehead atoms. The van der Waals surface area contributed by atoms with Crippen LogP contribution in [0, 0.1) is 5.92 Å². The third-order valence-electron chi connectivity index (χ3n) is 4.90. The zero-order valence-electron chi connectivity index (χ0n) is 13.1. The first-order valence-electron chi connectivity index (χ1n) is 8.48. The van der Waals surface area contributed by atoms with Crippen molar-refractivity contribution in [2.75, 3.05) is 6.54 Å². The Morgan fingerprint density at radius 3 is 2.65 bits per heavy atom. The Kier molecular flexibility index (Phi) is 3.95. The van der Waals surface area contributed by atoms with Gasteiger partial charge in [-0.3, -0.25) is 4.79 Å². The molecule has 0 saturated heterocycles. The van der Waals surface area contributed by atoms with E-state index in [1.54, 1.807) is 27.8 Å². The summed E-state index contributed by atoms with van der Waals surface area (Å²) in [6, 6.07) is 4.05. The lowest BCUT2D eigenvalue weighted by molar-refractivity contribution is 0.267. The highest BCUT2D eigenvalue weighted by atomic mass is 16.1. The number of nitrogens with one attached hydrogen (secondary N) is 1. The molecule has 7 heteroatoms. The summed E-state index contributed by atoms with van der Waals surface area (Å²) in [6.45, 7) is 1.16. The molecule has 2 aliphatic rings. The molecule has 7 nitrogen and oxygen atoms in total. The lowest BCUT2D eigenvalue weighted by Crippen LogP contribution is -2.37.